The first-order chi connectivity index (χ1) is 29.6. The number of unbranched alkanes of at least 4 members (excludes halogenated alkanes) is 2. The molecule has 11 rings (SSSR count). The van der Waals surface area contributed by atoms with Crippen LogP contribution in [-0.4, -0.2) is 23.4 Å². The number of hydrogen-bond acceptors (Lipinski definition) is 2. The maximum Gasteiger partial charge on any atom is 0.0569 e. The van der Waals surface area contributed by atoms with Crippen LogP contribution >= 0.6 is 0 Å². The van der Waals surface area contributed by atoms with Gasteiger partial charge in [0.2, 0.25) is 0 Å². The number of hydrogen-bond donors (Lipinski definition) is 2. The Balaban J connectivity index is 1.06. The van der Waals surface area contributed by atoms with E-state index in [-0.39, 0.29) is 18.6 Å². The maximum atomic E-state index is 11.8. The van der Waals surface area contributed by atoms with Gasteiger partial charge in [-0.2, -0.15) is 0 Å². The highest BCUT2D eigenvalue weighted by atomic mass is 16.3. The molecular weight excluding hydrogens is 741 g/mol. The summed E-state index contributed by atoms with van der Waals surface area (Å²) in [6.07, 6.45) is 4.49. The van der Waals surface area contributed by atoms with Crippen LogP contribution in [0.25, 0.3) is 98.0 Å². The highest BCUT2D eigenvalue weighted by Gasteiger charge is 2.43. The Morgan fingerprint density at radius 2 is 0.934 bits per heavy atom. The van der Waals surface area contributed by atoms with E-state index in [0.29, 0.717) is 5.92 Å². The van der Waals surface area contributed by atoms with Crippen LogP contribution in [0.4, 0.5) is 0 Å². The summed E-state index contributed by atoms with van der Waals surface area (Å²) in [6.45, 7) is 11.7. The Morgan fingerprint density at radius 3 is 1.41 bits per heavy atom. The van der Waals surface area contributed by atoms with Crippen LogP contribution < -0.4 is 0 Å². The Labute approximate surface area is 359 Å². The van der Waals surface area contributed by atoms with Crippen molar-refractivity contribution in [1.29, 1.82) is 0 Å². The summed E-state index contributed by atoms with van der Waals surface area (Å²) in [4.78, 5) is 0. The fraction of sp³-hybridized carbons (Fsp3) is 0.254. The zero-order chi connectivity index (χ0) is 41.8. The predicted molar refractivity (Wildman–Crippen MR) is 261 cm³/mol. The van der Waals surface area contributed by atoms with Crippen LogP contribution in [0.3, 0.4) is 0 Å². The summed E-state index contributed by atoms with van der Waals surface area (Å²) in [5.74, 6) is 0.605. The van der Waals surface area contributed by atoms with E-state index in [1.807, 2.05) is 0 Å². The lowest BCUT2D eigenvalue weighted by molar-refractivity contribution is 0.209. The maximum absolute atomic E-state index is 11.8. The van der Waals surface area contributed by atoms with E-state index in [0.717, 1.165) is 32.1 Å². The van der Waals surface area contributed by atoms with Crippen molar-refractivity contribution in [2.24, 2.45) is 5.92 Å². The number of benzene rings is 10. The second kappa shape index (κ2) is 14.1. The lowest BCUT2D eigenvalue weighted by Gasteiger charge is -2.31. The third kappa shape index (κ3) is 5.90. The highest BCUT2D eigenvalue weighted by Crippen LogP contribution is 2.54. The standard InChI is InChI=1S/C59H54O2/c1-35(2)27-36-28-41-11-9-37-13-19-46(50-23-17-42(29-36)54(41)56(37)50)39-15-21-48-49-22-16-40(33-53(49)59(34-61,52(48)32-39)25-7-6-8-26-60)47-20-14-38-10-12-43-30-45(58(3,4)5)31-44-18-24-51(47)57(38)55(43)44/h9-24,28-33,35,60-61H,6-8,25-27,34H2,1-5H3. The van der Waals surface area contributed by atoms with Crippen molar-refractivity contribution in [3.63, 3.8) is 0 Å². The van der Waals surface area contributed by atoms with E-state index >= 15 is 0 Å². The molecule has 0 bridgehead atoms. The molecule has 2 heteroatoms. The Kier molecular flexibility index (Phi) is 8.83. The zero-order valence-corrected chi connectivity index (χ0v) is 36.1. The van der Waals surface area contributed by atoms with Crippen molar-refractivity contribution in [2.75, 3.05) is 13.2 Å². The van der Waals surface area contributed by atoms with Gasteiger partial charge in [0.15, 0.2) is 0 Å². The quantitative estimate of drug-likeness (QED) is 0.107. The molecule has 2 nitrogen and oxygen atoms in total. The van der Waals surface area contributed by atoms with Crippen molar-refractivity contribution >= 4 is 64.6 Å². The molecule has 61 heavy (non-hydrogen) atoms. The molecule has 1 atom stereocenters. The topological polar surface area (TPSA) is 40.5 Å². The van der Waals surface area contributed by atoms with Gasteiger partial charge < -0.3 is 10.2 Å². The average Bonchev–Trinajstić information content (AvgIpc) is 3.53. The van der Waals surface area contributed by atoms with Gasteiger partial charge in [-0.05, 0) is 163 Å². The smallest absolute Gasteiger partial charge is 0.0569 e. The van der Waals surface area contributed by atoms with Gasteiger partial charge in [0.05, 0.1) is 6.61 Å². The predicted octanol–water partition coefficient (Wildman–Crippen LogP) is 15.1. The lowest BCUT2D eigenvalue weighted by Crippen LogP contribution is -2.30. The van der Waals surface area contributed by atoms with E-state index < -0.39 is 5.41 Å². The molecule has 0 aliphatic heterocycles. The third-order valence-corrected chi connectivity index (χ3v) is 14.3. The fourth-order valence-corrected chi connectivity index (χ4v) is 11.3. The summed E-state index contributed by atoms with van der Waals surface area (Å²) in [5.41, 5.74) is 11.9. The minimum atomic E-state index is -0.574. The van der Waals surface area contributed by atoms with Gasteiger partial charge in [0.1, 0.15) is 0 Å². The Morgan fingerprint density at radius 1 is 0.475 bits per heavy atom. The van der Waals surface area contributed by atoms with E-state index in [9.17, 15) is 10.2 Å². The minimum Gasteiger partial charge on any atom is -0.396 e. The van der Waals surface area contributed by atoms with Crippen LogP contribution in [-0.2, 0) is 17.3 Å². The first kappa shape index (κ1) is 38.1. The number of aliphatic hydroxyl groups is 2. The molecule has 10 aromatic carbocycles. The second-order valence-corrected chi connectivity index (χ2v) is 19.6. The number of aliphatic hydroxyl groups excluding tert-OH is 2. The summed E-state index contributed by atoms with van der Waals surface area (Å²) in [5, 5.41) is 37.2. The molecule has 0 radical (unpaired) electrons. The lowest BCUT2D eigenvalue weighted by atomic mass is 9.73. The fourth-order valence-electron chi connectivity index (χ4n) is 11.3. The molecular formula is C59H54O2. The molecule has 1 unspecified atom stereocenters. The first-order valence-electron chi connectivity index (χ1n) is 22.5. The van der Waals surface area contributed by atoms with E-state index in [2.05, 4.69) is 168 Å². The van der Waals surface area contributed by atoms with Crippen molar-refractivity contribution in [1.82, 2.24) is 0 Å². The number of fused-ring (bicyclic) bond motifs is 3. The Bertz CT molecular complexity index is 3290. The highest BCUT2D eigenvalue weighted by molar-refractivity contribution is 6.27. The minimum absolute atomic E-state index is 0.0187. The monoisotopic (exact) mass is 794 g/mol. The summed E-state index contributed by atoms with van der Waals surface area (Å²) < 4.78 is 0. The van der Waals surface area contributed by atoms with E-state index in [1.54, 1.807) is 0 Å². The van der Waals surface area contributed by atoms with Gasteiger partial charge in [-0.25, -0.2) is 0 Å². The Hall–Kier alpha value is -5.80. The van der Waals surface area contributed by atoms with Crippen LogP contribution in [0.15, 0.2) is 133 Å². The van der Waals surface area contributed by atoms with Gasteiger partial charge in [0, 0.05) is 12.0 Å². The second-order valence-electron chi connectivity index (χ2n) is 19.6. The van der Waals surface area contributed by atoms with Crippen LogP contribution in [0.1, 0.15) is 82.6 Å². The van der Waals surface area contributed by atoms with Gasteiger partial charge in [0.25, 0.3) is 0 Å². The molecule has 1 aliphatic rings. The van der Waals surface area contributed by atoms with Crippen LogP contribution in [0.5, 0.6) is 0 Å². The molecule has 0 heterocycles. The van der Waals surface area contributed by atoms with Crippen molar-refractivity contribution in [3.05, 3.63) is 156 Å². The normalized spacial score (nSPS) is 15.5. The molecule has 10 aromatic rings. The largest absolute Gasteiger partial charge is 0.396 e. The van der Waals surface area contributed by atoms with E-state index in [1.165, 1.54) is 120 Å². The third-order valence-electron chi connectivity index (χ3n) is 14.3. The molecule has 302 valence electrons. The first-order valence-corrected chi connectivity index (χ1v) is 22.5. The molecule has 1 aliphatic carbocycles. The molecule has 0 spiro atoms. The molecule has 0 saturated heterocycles. The summed E-state index contributed by atoms with van der Waals surface area (Å²) in [7, 11) is 0. The molecule has 0 amide bonds. The average molecular weight is 795 g/mol. The van der Waals surface area contributed by atoms with Crippen LogP contribution in [0.2, 0.25) is 0 Å². The molecule has 0 fully saturated rings. The number of rotatable bonds is 10. The van der Waals surface area contributed by atoms with Crippen LogP contribution in [0, 0.1) is 5.92 Å². The van der Waals surface area contributed by atoms with Gasteiger partial charge in [-0.1, -0.05) is 169 Å². The van der Waals surface area contributed by atoms with E-state index in [4.69, 9.17) is 0 Å². The van der Waals surface area contributed by atoms with Gasteiger partial charge in [-0.3, -0.25) is 0 Å². The molecule has 0 saturated carbocycles. The van der Waals surface area contributed by atoms with Gasteiger partial charge in [-0.15, -0.1) is 0 Å². The SMILES string of the molecule is CC(C)Cc1cc2ccc3ccc(-c4ccc5c(c4)C(CO)(CCCCCO)c4cc(-c6ccc7ccc8cc(C(C)(C)C)cc9ccc6c7c89)ccc4-5)c4ccc(c1)c2c34. The molecule has 2 N–H and O–H groups in total. The summed E-state index contributed by atoms with van der Waals surface area (Å²) in [6, 6.07) is 51.2. The van der Waals surface area contributed by atoms with Gasteiger partial charge >= 0.3 is 0 Å². The van der Waals surface area contributed by atoms with Crippen molar-refractivity contribution < 1.29 is 10.2 Å². The van der Waals surface area contributed by atoms with Crippen molar-refractivity contribution in [2.45, 2.75) is 77.6 Å². The zero-order valence-electron chi connectivity index (χ0n) is 36.1. The van der Waals surface area contributed by atoms with Crippen molar-refractivity contribution in [3.8, 4) is 33.4 Å². The summed E-state index contributed by atoms with van der Waals surface area (Å²) >= 11 is 0. The molecule has 0 aromatic heterocycles.